The van der Waals surface area contributed by atoms with E-state index in [1.807, 2.05) is 72.8 Å². The maximum atomic E-state index is 7.19. The Morgan fingerprint density at radius 2 is 0.817 bits per heavy atom. The van der Waals surface area contributed by atoms with Crippen molar-refractivity contribution in [2.75, 3.05) is 0 Å². The third-order valence-corrected chi connectivity index (χ3v) is 13.6. The average molecular weight is 827 g/mol. The van der Waals surface area contributed by atoms with Gasteiger partial charge in [-0.1, -0.05) is 149 Å². The summed E-state index contributed by atoms with van der Waals surface area (Å²) in [7, 11) is -3.95. The number of benzene rings is 8. The lowest BCUT2D eigenvalue weighted by Crippen LogP contribution is -2.00. The smallest absolute Gasteiger partial charge is 0.390 e. The van der Waals surface area contributed by atoms with Crippen LogP contribution in [0, 0.1) is 0 Å². The predicted molar refractivity (Wildman–Crippen MR) is 249 cm³/mol. The SMILES string of the molecule is CCCCc1cc(Op2oc3ccccc3c3ccccc3o2)c(-c2c(Op3oc4ccccc4c4ccccc4o3)cc(C(C)CC)c3ccccc23)c2ccccc12. The van der Waals surface area contributed by atoms with E-state index in [0.717, 1.165) is 79.9 Å². The molecule has 2 heterocycles. The third kappa shape index (κ3) is 7.00. The van der Waals surface area contributed by atoms with Crippen LogP contribution in [-0.2, 0) is 6.42 Å². The van der Waals surface area contributed by atoms with Crippen LogP contribution in [0.3, 0.4) is 0 Å². The van der Waals surface area contributed by atoms with Crippen molar-refractivity contribution in [1.29, 1.82) is 0 Å². The Hall–Kier alpha value is -6.32. The molecule has 0 radical (unpaired) electrons. The second-order valence-electron chi connectivity index (χ2n) is 15.2. The van der Waals surface area contributed by atoms with Gasteiger partial charge >= 0.3 is 16.5 Å². The van der Waals surface area contributed by atoms with Crippen LogP contribution >= 0.6 is 16.5 Å². The molecule has 1 unspecified atom stereocenters. The second kappa shape index (κ2) is 16.4. The largest absolute Gasteiger partial charge is 0.453 e. The first-order valence-corrected chi connectivity index (χ1v) is 22.9. The zero-order valence-electron chi connectivity index (χ0n) is 33.8. The van der Waals surface area contributed by atoms with Gasteiger partial charge < -0.3 is 25.8 Å². The van der Waals surface area contributed by atoms with E-state index in [-0.39, 0.29) is 5.92 Å². The first-order valence-electron chi connectivity index (χ1n) is 20.7. The lowest BCUT2D eigenvalue weighted by molar-refractivity contribution is 0.494. The zero-order valence-corrected chi connectivity index (χ0v) is 35.5. The molecule has 0 aliphatic carbocycles. The maximum absolute atomic E-state index is 7.19. The van der Waals surface area contributed by atoms with E-state index in [4.69, 9.17) is 25.8 Å². The van der Waals surface area contributed by atoms with Crippen molar-refractivity contribution in [3.8, 4) is 22.6 Å². The Morgan fingerprint density at radius 3 is 1.25 bits per heavy atom. The molecule has 8 heteroatoms. The van der Waals surface area contributed by atoms with Gasteiger partial charge in [0.25, 0.3) is 0 Å². The van der Waals surface area contributed by atoms with Crippen molar-refractivity contribution >= 4 is 81.9 Å². The Balaban J connectivity index is 1.29. The molecule has 0 aliphatic heterocycles. The van der Waals surface area contributed by atoms with E-state index in [1.54, 1.807) is 0 Å². The van der Waals surface area contributed by atoms with E-state index in [1.165, 1.54) is 11.1 Å². The summed E-state index contributed by atoms with van der Waals surface area (Å²) in [5, 5.41) is 8.23. The molecule has 0 saturated carbocycles. The number of unbranched alkanes of at least 4 members (excludes halogenated alkanes) is 1. The summed E-state index contributed by atoms with van der Waals surface area (Å²) in [5.41, 5.74) is 7.00. The molecule has 2 aromatic heterocycles. The fourth-order valence-corrected chi connectivity index (χ4v) is 10.4. The van der Waals surface area contributed by atoms with Crippen LogP contribution in [0.25, 0.3) is 76.5 Å². The lowest BCUT2D eigenvalue weighted by atomic mass is 9.85. The molecule has 298 valence electrons. The van der Waals surface area contributed by atoms with Gasteiger partial charge in [-0.15, -0.1) is 0 Å². The minimum absolute atomic E-state index is 0.247. The number of hydrogen-bond donors (Lipinski definition) is 0. The summed E-state index contributed by atoms with van der Waals surface area (Å²) in [6, 6.07) is 53.8. The third-order valence-electron chi connectivity index (χ3n) is 11.5. The molecule has 10 aromatic rings. The van der Waals surface area contributed by atoms with Crippen LogP contribution in [0.1, 0.15) is 57.1 Å². The molecule has 10 rings (SSSR count). The average Bonchev–Trinajstić information content (AvgIpc) is 3.55. The minimum Gasteiger partial charge on any atom is -0.390 e. The standard InChI is InChI=1S/C52H44O6P2/c1-4-6-19-35-32-49(57-59-53-45-28-15-11-22-38(45)39-23-12-16-29-46(39)54-59)51(42-26-9-7-20-36(35)42)52-43-27-10-8-21-37(43)44(34(3)5-2)33-50(52)58-60-55-47-30-17-13-24-40(47)41-25-14-18-31-48(41)56-60/h7-18,20-34H,4-6,19H2,1-3H3. The number of rotatable bonds is 10. The van der Waals surface area contributed by atoms with Gasteiger partial charge in [-0.05, 0) is 94.3 Å². The van der Waals surface area contributed by atoms with E-state index in [9.17, 15) is 0 Å². The van der Waals surface area contributed by atoms with Gasteiger partial charge in [0.1, 0.15) is 33.8 Å². The monoisotopic (exact) mass is 826 g/mol. The molecular weight excluding hydrogens is 783 g/mol. The van der Waals surface area contributed by atoms with Gasteiger partial charge in [-0.2, -0.15) is 0 Å². The van der Waals surface area contributed by atoms with Crippen molar-refractivity contribution in [1.82, 2.24) is 0 Å². The van der Waals surface area contributed by atoms with E-state index in [0.29, 0.717) is 33.8 Å². The molecule has 0 fully saturated rings. The van der Waals surface area contributed by atoms with Crippen LogP contribution in [0.4, 0.5) is 0 Å². The Bertz CT molecular complexity index is 3180. The molecule has 1 atom stereocenters. The summed E-state index contributed by atoms with van der Waals surface area (Å²) in [6.45, 7) is 6.72. The zero-order chi connectivity index (χ0) is 40.6. The molecule has 0 saturated heterocycles. The predicted octanol–water partition coefficient (Wildman–Crippen LogP) is 17.4. The number of aryl methyl sites for hydroxylation is 1. The van der Waals surface area contributed by atoms with Crippen molar-refractivity contribution in [2.45, 2.75) is 52.4 Å². The number of hydrogen-bond acceptors (Lipinski definition) is 6. The quantitative estimate of drug-likeness (QED) is 0.137. The molecule has 60 heavy (non-hydrogen) atoms. The molecule has 0 bridgehead atoms. The Morgan fingerprint density at radius 1 is 0.450 bits per heavy atom. The van der Waals surface area contributed by atoms with Crippen molar-refractivity contribution in [3.05, 3.63) is 169 Å². The van der Waals surface area contributed by atoms with Gasteiger partial charge in [0.2, 0.25) is 0 Å². The topological polar surface area (TPSA) is 71.0 Å². The van der Waals surface area contributed by atoms with Gasteiger partial charge in [0, 0.05) is 32.7 Å². The molecule has 0 N–H and O–H groups in total. The van der Waals surface area contributed by atoms with Crippen LogP contribution < -0.4 is 9.05 Å². The van der Waals surface area contributed by atoms with Crippen molar-refractivity contribution in [3.63, 3.8) is 0 Å². The number of para-hydroxylation sites is 4. The number of fused-ring (bicyclic) bond motifs is 8. The molecule has 0 amide bonds. The summed E-state index contributed by atoms with van der Waals surface area (Å²) < 4.78 is 41.2. The lowest BCUT2D eigenvalue weighted by Gasteiger charge is -2.22. The molecule has 0 aliphatic rings. The molecule has 0 spiro atoms. The Kier molecular flexibility index (Phi) is 10.4. The fourth-order valence-electron chi connectivity index (χ4n) is 8.33. The fraction of sp³-hybridized carbons (Fsp3) is 0.154. The highest BCUT2D eigenvalue weighted by Crippen LogP contribution is 2.53. The second-order valence-corrected chi connectivity index (χ2v) is 17.2. The molecule has 6 nitrogen and oxygen atoms in total. The summed E-state index contributed by atoms with van der Waals surface area (Å²) in [4.78, 5) is 0. The van der Waals surface area contributed by atoms with E-state index < -0.39 is 16.5 Å². The van der Waals surface area contributed by atoms with Crippen molar-refractivity contribution in [2.24, 2.45) is 0 Å². The van der Waals surface area contributed by atoms with E-state index >= 15 is 0 Å². The van der Waals surface area contributed by atoms with Crippen LogP contribution in [0.2, 0.25) is 0 Å². The normalized spacial score (nSPS) is 12.1. The minimum atomic E-state index is -1.98. The van der Waals surface area contributed by atoms with Crippen LogP contribution in [-0.4, -0.2) is 0 Å². The highest BCUT2D eigenvalue weighted by Gasteiger charge is 2.26. The van der Waals surface area contributed by atoms with E-state index in [2.05, 4.69) is 106 Å². The van der Waals surface area contributed by atoms with Crippen LogP contribution in [0.5, 0.6) is 11.5 Å². The maximum Gasteiger partial charge on any atom is 0.453 e. The first-order chi connectivity index (χ1) is 29.6. The highest BCUT2D eigenvalue weighted by atomic mass is 31.1. The summed E-state index contributed by atoms with van der Waals surface area (Å²) in [5.74, 6) is 1.55. The van der Waals surface area contributed by atoms with Gasteiger partial charge in [-0.3, -0.25) is 0 Å². The molecule has 8 aromatic carbocycles. The van der Waals surface area contributed by atoms with Crippen LogP contribution in [0.15, 0.2) is 175 Å². The van der Waals surface area contributed by atoms with Crippen molar-refractivity contribution < 1.29 is 25.8 Å². The summed E-state index contributed by atoms with van der Waals surface area (Å²) in [6.07, 6.45) is 3.95. The Labute approximate surface area is 350 Å². The van der Waals surface area contributed by atoms with Gasteiger partial charge in [-0.25, -0.2) is 0 Å². The van der Waals surface area contributed by atoms with Gasteiger partial charge in [0.05, 0.1) is 0 Å². The highest BCUT2D eigenvalue weighted by molar-refractivity contribution is 7.32. The first kappa shape index (κ1) is 37.9. The molecular formula is C52H44O6P2. The van der Waals surface area contributed by atoms with Gasteiger partial charge in [0.15, 0.2) is 0 Å². The summed E-state index contributed by atoms with van der Waals surface area (Å²) >= 11 is 0.